The number of nitrogens with one attached hydrogen (secondary N) is 1. The van der Waals surface area contributed by atoms with Gasteiger partial charge in [0, 0.05) is 6.08 Å². The van der Waals surface area contributed by atoms with E-state index in [1.54, 1.807) is 37.5 Å². The molecule has 0 bridgehead atoms. The number of benzene rings is 1. The number of rotatable bonds is 6. The summed E-state index contributed by atoms with van der Waals surface area (Å²) in [5.74, 6) is -0.568. The highest BCUT2D eigenvalue weighted by molar-refractivity contribution is 5.92. The zero-order valence-corrected chi connectivity index (χ0v) is 10.5. The van der Waals surface area contributed by atoms with Gasteiger partial charge < -0.3 is 20.9 Å². The number of carbonyl (C=O) groups excluding carboxylic acids is 2. The van der Waals surface area contributed by atoms with Gasteiger partial charge in [-0.15, -0.1) is 0 Å². The number of hydrogen-bond acceptors (Lipinski definition) is 4. The van der Waals surface area contributed by atoms with E-state index in [4.69, 9.17) is 15.6 Å². The Labute approximate surface area is 110 Å². The van der Waals surface area contributed by atoms with Crippen molar-refractivity contribution in [2.75, 3.05) is 13.7 Å². The maximum absolute atomic E-state index is 11.4. The lowest BCUT2D eigenvalue weighted by atomic mass is 10.2. The van der Waals surface area contributed by atoms with Crippen LogP contribution >= 0.6 is 0 Å². The number of methoxy groups -OCH3 is 1. The summed E-state index contributed by atoms with van der Waals surface area (Å²) in [6.07, 6.45) is 1.53. The lowest BCUT2D eigenvalue weighted by Crippen LogP contribution is -2.39. The first-order valence-corrected chi connectivity index (χ1v) is 5.60. The first-order valence-electron chi connectivity index (χ1n) is 5.60. The quantitative estimate of drug-likeness (QED) is 0.612. The normalized spacial score (nSPS) is 12.1. The Morgan fingerprint density at radius 2 is 2.05 bits per heavy atom. The van der Waals surface area contributed by atoms with Crippen LogP contribution in [0.3, 0.4) is 0 Å². The lowest BCUT2D eigenvalue weighted by Gasteiger charge is -2.06. The second-order valence-electron chi connectivity index (χ2n) is 3.77. The van der Waals surface area contributed by atoms with E-state index in [1.165, 1.54) is 6.08 Å². The van der Waals surface area contributed by atoms with Crippen LogP contribution in [0.2, 0.25) is 0 Å². The van der Waals surface area contributed by atoms with Crippen molar-refractivity contribution in [1.82, 2.24) is 5.32 Å². The highest BCUT2D eigenvalue weighted by Gasteiger charge is 2.10. The van der Waals surface area contributed by atoms with Crippen LogP contribution in [0.1, 0.15) is 5.56 Å². The Morgan fingerprint density at radius 3 is 2.58 bits per heavy atom. The predicted octanol–water partition coefficient (Wildman–Crippen LogP) is -0.329. The van der Waals surface area contributed by atoms with Gasteiger partial charge in [-0.2, -0.15) is 0 Å². The van der Waals surface area contributed by atoms with Crippen molar-refractivity contribution in [2.24, 2.45) is 5.73 Å². The average Bonchev–Trinajstić information content (AvgIpc) is 2.42. The van der Waals surface area contributed by atoms with Crippen LogP contribution in [0.5, 0.6) is 5.75 Å². The third kappa shape index (κ3) is 5.22. The van der Waals surface area contributed by atoms with Crippen LogP contribution in [0.15, 0.2) is 30.3 Å². The zero-order valence-electron chi connectivity index (χ0n) is 10.5. The van der Waals surface area contributed by atoms with E-state index in [0.717, 1.165) is 11.3 Å². The first kappa shape index (κ1) is 14.7. The number of amides is 2. The van der Waals surface area contributed by atoms with E-state index in [9.17, 15) is 9.59 Å². The molecule has 0 heterocycles. The molecule has 1 aromatic carbocycles. The van der Waals surface area contributed by atoms with E-state index < -0.39 is 17.9 Å². The van der Waals surface area contributed by atoms with Crippen molar-refractivity contribution in [3.8, 4) is 5.75 Å². The molecule has 1 atom stereocenters. The smallest absolute Gasteiger partial charge is 0.248 e. The van der Waals surface area contributed by atoms with Gasteiger partial charge in [0.2, 0.25) is 11.8 Å². The number of primary amides is 1. The molecule has 0 saturated heterocycles. The van der Waals surface area contributed by atoms with Crippen molar-refractivity contribution in [2.45, 2.75) is 6.10 Å². The summed E-state index contributed by atoms with van der Waals surface area (Å²) in [6, 6.07) is 7.13. The fourth-order valence-electron chi connectivity index (χ4n) is 1.24. The minimum atomic E-state index is -1.38. The standard InChI is InChI=1S/C13H16N2O4/c1-19-10-5-2-9(3-6-10)4-7-12(17)15-8-11(16)13(14)18/h2-7,11,16H,8H2,1H3,(H2,14,18)(H,15,17)/b7-4+. The summed E-state index contributed by atoms with van der Waals surface area (Å²) in [4.78, 5) is 21.9. The van der Waals surface area contributed by atoms with Gasteiger partial charge >= 0.3 is 0 Å². The molecular weight excluding hydrogens is 248 g/mol. The van der Waals surface area contributed by atoms with Crippen molar-refractivity contribution < 1.29 is 19.4 Å². The Hall–Kier alpha value is -2.34. The van der Waals surface area contributed by atoms with E-state index in [1.807, 2.05) is 0 Å². The van der Waals surface area contributed by atoms with Crippen LogP contribution in [0.25, 0.3) is 6.08 Å². The fraction of sp³-hybridized carbons (Fsp3) is 0.231. The van der Waals surface area contributed by atoms with Crippen LogP contribution in [0.4, 0.5) is 0 Å². The van der Waals surface area contributed by atoms with Gasteiger partial charge in [-0.05, 0) is 23.8 Å². The number of aliphatic hydroxyl groups excluding tert-OH is 1. The average molecular weight is 264 g/mol. The van der Waals surface area contributed by atoms with E-state index in [-0.39, 0.29) is 6.54 Å². The lowest BCUT2D eigenvalue weighted by molar-refractivity contribution is -0.126. The molecule has 0 aliphatic rings. The predicted molar refractivity (Wildman–Crippen MR) is 70.2 cm³/mol. The molecule has 0 radical (unpaired) electrons. The van der Waals surface area contributed by atoms with Crippen LogP contribution in [-0.4, -0.2) is 36.7 Å². The minimum absolute atomic E-state index is 0.207. The molecule has 0 aliphatic carbocycles. The van der Waals surface area contributed by atoms with Gasteiger partial charge in [-0.3, -0.25) is 9.59 Å². The SMILES string of the molecule is COc1ccc(/C=C/C(=O)NCC(O)C(N)=O)cc1. The third-order valence-corrected chi connectivity index (χ3v) is 2.34. The maximum atomic E-state index is 11.4. The van der Waals surface area contributed by atoms with E-state index in [2.05, 4.69) is 5.32 Å². The Bertz CT molecular complexity index is 468. The molecule has 1 unspecified atom stereocenters. The molecule has 0 saturated carbocycles. The number of ether oxygens (including phenoxy) is 1. The van der Waals surface area contributed by atoms with Crippen LogP contribution in [0, 0.1) is 0 Å². The maximum Gasteiger partial charge on any atom is 0.248 e. The molecule has 0 fully saturated rings. The summed E-state index contributed by atoms with van der Waals surface area (Å²) in [5.41, 5.74) is 5.67. The van der Waals surface area contributed by atoms with Crippen molar-refractivity contribution in [3.05, 3.63) is 35.9 Å². The molecule has 102 valence electrons. The largest absolute Gasteiger partial charge is 0.497 e. The fourth-order valence-corrected chi connectivity index (χ4v) is 1.24. The molecule has 1 rings (SSSR count). The van der Waals surface area contributed by atoms with Crippen molar-refractivity contribution in [1.29, 1.82) is 0 Å². The highest BCUT2D eigenvalue weighted by atomic mass is 16.5. The Balaban J connectivity index is 2.46. The molecule has 0 aromatic heterocycles. The zero-order chi connectivity index (χ0) is 14.3. The molecule has 0 aliphatic heterocycles. The summed E-state index contributed by atoms with van der Waals surface area (Å²) in [5, 5.41) is 11.4. The molecular formula is C13H16N2O4. The number of aliphatic hydroxyl groups is 1. The molecule has 6 nitrogen and oxygen atoms in total. The Morgan fingerprint density at radius 1 is 1.42 bits per heavy atom. The summed E-state index contributed by atoms with van der Waals surface area (Å²) >= 11 is 0. The van der Waals surface area contributed by atoms with Gasteiger partial charge in [0.05, 0.1) is 13.7 Å². The molecule has 2 amide bonds. The van der Waals surface area contributed by atoms with Gasteiger partial charge in [-0.1, -0.05) is 12.1 Å². The van der Waals surface area contributed by atoms with E-state index in [0.29, 0.717) is 0 Å². The molecule has 4 N–H and O–H groups in total. The summed E-state index contributed by atoms with van der Waals surface area (Å²) in [7, 11) is 1.57. The van der Waals surface area contributed by atoms with Gasteiger partial charge in [0.1, 0.15) is 11.9 Å². The summed E-state index contributed by atoms with van der Waals surface area (Å²) < 4.78 is 5.01. The van der Waals surface area contributed by atoms with E-state index >= 15 is 0 Å². The minimum Gasteiger partial charge on any atom is -0.497 e. The Kier molecular flexibility index (Phi) is 5.56. The topological polar surface area (TPSA) is 102 Å². The monoisotopic (exact) mass is 264 g/mol. The van der Waals surface area contributed by atoms with Crippen molar-refractivity contribution >= 4 is 17.9 Å². The second kappa shape index (κ2) is 7.17. The second-order valence-corrected chi connectivity index (χ2v) is 3.77. The highest BCUT2D eigenvalue weighted by Crippen LogP contribution is 2.12. The third-order valence-electron chi connectivity index (χ3n) is 2.34. The van der Waals surface area contributed by atoms with Crippen molar-refractivity contribution in [3.63, 3.8) is 0 Å². The van der Waals surface area contributed by atoms with Gasteiger partial charge in [-0.25, -0.2) is 0 Å². The molecule has 0 spiro atoms. The number of carbonyl (C=O) groups is 2. The number of hydrogen-bond donors (Lipinski definition) is 3. The van der Waals surface area contributed by atoms with Gasteiger partial charge in [0.15, 0.2) is 0 Å². The molecule has 19 heavy (non-hydrogen) atoms. The molecule has 1 aromatic rings. The van der Waals surface area contributed by atoms with Crippen LogP contribution in [-0.2, 0) is 9.59 Å². The molecule has 6 heteroatoms. The summed E-state index contributed by atoms with van der Waals surface area (Å²) in [6.45, 7) is -0.207. The first-order chi connectivity index (χ1) is 9.02. The van der Waals surface area contributed by atoms with Gasteiger partial charge in [0.25, 0.3) is 0 Å². The number of nitrogens with two attached hydrogens (primary N) is 1. The van der Waals surface area contributed by atoms with Crippen LogP contribution < -0.4 is 15.8 Å².